The summed E-state index contributed by atoms with van der Waals surface area (Å²) in [5, 5.41) is 10.3. The summed E-state index contributed by atoms with van der Waals surface area (Å²) in [6.45, 7) is 9.35. The van der Waals surface area contributed by atoms with Gasteiger partial charge in [-0.1, -0.05) is 27.7 Å². The highest BCUT2D eigenvalue weighted by atomic mass is 16.4. The van der Waals surface area contributed by atoms with E-state index in [4.69, 9.17) is 5.11 Å². The SMILES string of the molecule is CC1(C)CCC(C)(C)c2cc3c(ccn3-c3ccc(C(=O)O)cc3)cc21. The van der Waals surface area contributed by atoms with Crippen LogP contribution in [-0.2, 0) is 10.8 Å². The molecule has 0 radical (unpaired) electrons. The number of carboxylic acid groups (broad SMARTS) is 1. The summed E-state index contributed by atoms with van der Waals surface area (Å²) in [5.41, 5.74) is 5.73. The number of benzene rings is 2. The maximum Gasteiger partial charge on any atom is 0.335 e. The van der Waals surface area contributed by atoms with E-state index in [2.05, 4.69) is 56.7 Å². The van der Waals surface area contributed by atoms with Crippen molar-refractivity contribution >= 4 is 16.9 Å². The van der Waals surface area contributed by atoms with Crippen molar-refractivity contribution in [3.63, 3.8) is 0 Å². The summed E-state index contributed by atoms with van der Waals surface area (Å²) in [6, 6.07) is 13.9. The summed E-state index contributed by atoms with van der Waals surface area (Å²) in [5.74, 6) is -0.896. The molecule has 0 spiro atoms. The van der Waals surface area contributed by atoms with E-state index in [-0.39, 0.29) is 10.8 Å². The Kier molecular flexibility index (Phi) is 3.56. The molecule has 3 heteroatoms. The zero-order chi connectivity index (χ0) is 18.7. The van der Waals surface area contributed by atoms with Crippen LogP contribution in [0.3, 0.4) is 0 Å². The fourth-order valence-electron chi connectivity index (χ4n) is 4.19. The highest BCUT2D eigenvalue weighted by Gasteiger charge is 2.37. The maximum absolute atomic E-state index is 11.1. The zero-order valence-corrected chi connectivity index (χ0v) is 15.8. The molecule has 0 saturated heterocycles. The van der Waals surface area contributed by atoms with Gasteiger partial charge < -0.3 is 9.67 Å². The zero-order valence-electron chi connectivity index (χ0n) is 15.8. The van der Waals surface area contributed by atoms with Gasteiger partial charge in [0.25, 0.3) is 0 Å². The van der Waals surface area contributed by atoms with Crippen LogP contribution in [0.4, 0.5) is 0 Å². The van der Waals surface area contributed by atoms with Gasteiger partial charge in [-0.05, 0) is 77.3 Å². The van der Waals surface area contributed by atoms with Crippen molar-refractivity contribution in [1.29, 1.82) is 0 Å². The van der Waals surface area contributed by atoms with E-state index < -0.39 is 5.97 Å². The van der Waals surface area contributed by atoms with Crippen molar-refractivity contribution < 1.29 is 9.90 Å². The summed E-state index contributed by atoms with van der Waals surface area (Å²) in [6.07, 6.45) is 4.47. The smallest absolute Gasteiger partial charge is 0.335 e. The first-order valence-corrected chi connectivity index (χ1v) is 9.19. The van der Waals surface area contributed by atoms with Gasteiger partial charge in [-0.3, -0.25) is 0 Å². The molecule has 1 aliphatic carbocycles. The number of carbonyl (C=O) groups is 1. The fraction of sp³-hybridized carbons (Fsp3) is 0.348. The lowest BCUT2D eigenvalue weighted by atomic mass is 9.63. The third kappa shape index (κ3) is 2.54. The molecule has 2 aromatic carbocycles. The van der Waals surface area contributed by atoms with Crippen molar-refractivity contribution in [3.8, 4) is 5.69 Å². The van der Waals surface area contributed by atoms with Gasteiger partial charge in [-0.15, -0.1) is 0 Å². The molecule has 134 valence electrons. The second-order valence-corrected chi connectivity index (χ2v) is 8.76. The first kappa shape index (κ1) is 16.9. The van der Waals surface area contributed by atoms with E-state index in [0.29, 0.717) is 5.56 Å². The van der Waals surface area contributed by atoms with Crippen LogP contribution in [-0.4, -0.2) is 15.6 Å². The summed E-state index contributed by atoms with van der Waals surface area (Å²) >= 11 is 0. The van der Waals surface area contributed by atoms with Crippen LogP contribution in [0.15, 0.2) is 48.7 Å². The summed E-state index contributed by atoms with van der Waals surface area (Å²) in [7, 11) is 0. The fourth-order valence-corrected chi connectivity index (χ4v) is 4.19. The molecule has 0 amide bonds. The molecule has 0 atom stereocenters. The second-order valence-electron chi connectivity index (χ2n) is 8.76. The van der Waals surface area contributed by atoms with E-state index in [0.717, 1.165) is 5.69 Å². The van der Waals surface area contributed by atoms with Crippen LogP contribution in [0.25, 0.3) is 16.6 Å². The molecular formula is C23H25NO2. The van der Waals surface area contributed by atoms with Crippen LogP contribution >= 0.6 is 0 Å². The van der Waals surface area contributed by atoms with E-state index in [1.165, 1.54) is 34.9 Å². The Morgan fingerprint density at radius 2 is 1.50 bits per heavy atom. The van der Waals surface area contributed by atoms with E-state index in [1.54, 1.807) is 12.1 Å². The first-order chi connectivity index (χ1) is 12.2. The second kappa shape index (κ2) is 5.47. The summed E-state index contributed by atoms with van der Waals surface area (Å²) < 4.78 is 2.15. The Hall–Kier alpha value is -2.55. The number of aromatic carboxylic acids is 1. The topological polar surface area (TPSA) is 42.2 Å². The van der Waals surface area contributed by atoms with Crippen molar-refractivity contribution in [1.82, 2.24) is 4.57 Å². The van der Waals surface area contributed by atoms with Crippen LogP contribution in [0.2, 0.25) is 0 Å². The van der Waals surface area contributed by atoms with Gasteiger partial charge in [0.1, 0.15) is 0 Å². The van der Waals surface area contributed by atoms with Crippen LogP contribution in [0.1, 0.15) is 62.0 Å². The Morgan fingerprint density at radius 3 is 2.08 bits per heavy atom. The molecule has 0 fully saturated rings. The van der Waals surface area contributed by atoms with Crippen molar-refractivity contribution in [2.24, 2.45) is 0 Å². The molecule has 26 heavy (non-hydrogen) atoms. The van der Waals surface area contributed by atoms with Gasteiger partial charge in [-0.25, -0.2) is 4.79 Å². The van der Waals surface area contributed by atoms with Crippen molar-refractivity contribution in [2.45, 2.75) is 51.4 Å². The van der Waals surface area contributed by atoms with Crippen LogP contribution in [0.5, 0.6) is 0 Å². The minimum Gasteiger partial charge on any atom is -0.478 e. The third-order valence-corrected chi connectivity index (χ3v) is 6.06. The van der Waals surface area contributed by atoms with Crippen molar-refractivity contribution in [2.75, 3.05) is 0 Å². The number of fused-ring (bicyclic) bond motifs is 2. The summed E-state index contributed by atoms with van der Waals surface area (Å²) in [4.78, 5) is 11.1. The molecule has 0 aliphatic heterocycles. The van der Waals surface area contributed by atoms with Gasteiger partial charge in [0.2, 0.25) is 0 Å². The maximum atomic E-state index is 11.1. The number of carboxylic acids is 1. The van der Waals surface area contributed by atoms with Crippen LogP contribution in [0, 0.1) is 0 Å². The molecule has 1 N–H and O–H groups in total. The number of hydrogen-bond donors (Lipinski definition) is 1. The van der Waals surface area contributed by atoms with E-state index in [9.17, 15) is 4.79 Å². The van der Waals surface area contributed by atoms with Crippen molar-refractivity contribution in [3.05, 3.63) is 65.4 Å². The molecule has 3 aromatic rings. The minimum atomic E-state index is -0.896. The number of hydrogen-bond acceptors (Lipinski definition) is 1. The largest absolute Gasteiger partial charge is 0.478 e. The number of aromatic nitrogens is 1. The predicted molar refractivity (Wildman–Crippen MR) is 106 cm³/mol. The predicted octanol–water partition coefficient (Wildman–Crippen LogP) is 5.68. The normalized spacial score (nSPS) is 17.8. The highest BCUT2D eigenvalue weighted by Crippen LogP contribution is 2.47. The lowest BCUT2D eigenvalue weighted by Gasteiger charge is -2.42. The van der Waals surface area contributed by atoms with E-state index >= 15 is 0 Å². The Morgan fingerprint density at radius 1 is 0.923 bits per heavy atom. The Labute approximate surface area is 154 Å². The first-order valence-electron chi connectivity index (χ1n) is 9.19. The average Bonchev–Trinajstić information content (AvgIpc) is 3.01. The van der Waals surface area contributed by atoms with Gasteiger partial charge in [0.15, 0.2) is 0 Å². The quantitative estimate of drug-likeness (QED) is 0.648. The minimum absolute atomic E-state index is 0.168. The molecule has 0 unspecified atom stereocenters. The average molecular weight is 347 g/mol. The van der Waals surface area contributed by atoms with Gasteiger partial charge in [0.05, 0.1) is 11.1 Å². The molecular weight excluding hydrogens is 322 g/mol. The highest BCUT2D eigenvalue weighted by molar-refractivity contribution is 5.88. The van der Waals surface area contributed by atoms with E-state index in [1.807, 2.05) is 12.1 Å². The van der Waals surface area contributed by atoms with Gasteiger partial charge in [-0.2, -0.15) is 0 Å². The molecule has 4 rings (SSSR count). The lowest BCUT2D eigenvalue weighted by Crippen LogP contribution is -2.33. The monoisotopic (exact) mass is 347 g/mol. The standard InChI is InChI=1S/C23H25NO2/c1-22(2)10-11-23(3,4)19-14-20-16(13-18(19)22)9-12-24(20)17-7-5-15(6-8-17)21(25)26/h5-9,12-14H,10-11H2,1-4H3,(H,25,26). The molecule has 0 saturated carbocycles. The molecule has 1 heterocycles. The Bertz CT molecular complexity index is 1010. The van der Waals surface area contributed by atoms with Gasteiger partial charge in [0, 0.05) is 17.3 Å². The molecule has 1 aliphatic rings. The lowest BCUT2D eigenvalue weighted by molar-refractivity contribution is 0.0697. The molecule has 0 bridgehead atoms. The third-order valence-electron chi connectivity index (χ3n) is 6.06. The molecule has 3 nitrogen and oxygen atoms in total. The molecule has 1 aromatic heterocycles. The van der Waals surface area contributed by atoms with Crippen LogP contribution < -0.4 is 0 Å². The number of nitrogens with zero attached hydrogens (tertiary/aromatic N) is 1. The Balaban J connectivity index is 1.90. The van der Waals surface area contributed by atoms with Gasteiger partial charge >= 0.3 is 5.97 Å². The number of rotatable bonds is 2.